The van der Waals surface area contributed by atoms with Crippen molar-refractivity contribution in [3.63, 3.8) is 0 Å². The van der Waals surface area contributed by atoms with Gasteiger partial charge >= 0.3 is 18.3 Å². The molecule has 1 atom stereocenters. The van der Waals surface area contributed by atoms with Crippen molar-refractivity contribution in [2.75, 3.05) is 26.2 Å². The summed E-state index contributed by atoms with van der Waals surface area (Å²) in [5.74, 6) is -1.00. The molecule has 1 saturated heterocycles. The van der Waals surface area contributed by atoms with Crippen LogP contribution < -0.4 is 0 Å². The molecule has 4 nitrogen and oxygen atoms in total. The van der Waals surface area contributed by atoms with Gasteiger partial charge in [0, 0.05) is 25.7 Å². The fourth-order valence-corrected chi connectivity index (χ4v) is 4.05. The van der Waals surface area contributed by atoms with E-state index in [0.29, 0.717) is 6.54 Å². The highest BCUT2D eigenvalue weighted by molar-refractivity contribution is 5.69. The monoisotopic (exact) mass is 460 g/mol. The summed E-state index contributed by atoms with van der Waals surface area (Å²) in [5.41, 5.74) is -1.33. The first-order chi connectivity index (χ1) is 14.9. The van der Waals surface area contributed by atoms with Gasteiger partial charge in [0.25, 0.3) is 0 Å². The minimum atomic E-state index is -4.60. The summed E-state index contributed by atoms with van der Waals surface area (Å²) in [5, 5.41) is 9.06. The summed E-state index contributed by atoms with van der Waals surface area (Å²) in [6.07, 6.45) is -9.19. The Bertz CT molecular complexity index is 902. The van der Waals surface area contributed by atoms with Crippen LogP contribution in [0.4, 0.5) is 26.3 Å². The Labute approximate surface area is 181 Å². The molecule has 1 aliphatic heterocycles. The number of rotatable bonds is 5. The van der Waals surface area contributed by atoms with Crippen molar-refractivity contribution in [2.45, 2.75) is 31.4 Å². The Balaban J connectivity index is 2.03. The van der Waals surface area contributed by atoms with Crippen molar-refractivity contribution in [3.05, 3.63) is 70.8 Å². The fraction of sp³-hybridized carbons (Fsp3) is 0.409. The highest BCUT2D eigenvalue weighted by Crippen LogP contribution is 2.37. The number of carboxylic acids is 1. The van der Waals surface area contributed by atoms with Gasteiger partial charge in [-0.3, -0.25) is 14.6 Å². The van der Waals surface area contributed by atoms with Gasteiger partial charge < -0.3 is 5.11 Å². The van der Waals surface area contributed by atoms with Crippen LogP contribution in [0.3, 0.4) is 0 Å². The molecule has 1 unspecified atom stereocenters. The standard InChI is InChI=1S/C22H22F6N2O2/c1-14-12-30(9-8-29(14)13-19(31)32)20(15-4-2-6-17(10-15)21(23,24)25)16-5-3-7-18(11-16)22(26,27)28/h2-7,10-11,14,20H,8-9,12-13H2,1H3,(H,31,32). The third-order valence-electron chi connectivity index (χ3n) is 5.56. The number of carboxylic acid groups (broad SMARTS) is 1. The highest BCUT2D eigenvalue weighted by atomic mass is 19.4. The van der Waals surface area contributed by atoms with E-state index < -0.39 is 35.5 Å². The summed E-state index contributed by atoms with van der Waals surface area (Å²) in [7, 11) is 0. The number of hydrogen-bond donors (Lipinski definition) is 1. The van der Waals surface area contributed by atoms with Crippen LogP contribution in [0.15, 0.2) is 48.5 Å². The summed E-state index contributed by atoms with van der Waals surface area (Å²) < 4.78 is 79.8. The molecule has 1 aliphatic rings. The van der Waals surface area contributed by atoms with Crippen LogP contribution in [0.25, 0.3) is 0 Å². The van der Waals surface area contributed by atoms with E-state index in [-0.39, 0.29) is 36.8 Å². The predicted octanol–water partition coefficient (Wildman–Crippen LogP) is 4.90. The van der Waals surface area contributed by atoms with Gasteiger partial charge in [-0.2, -0.15) is 26.3 Å². The Morgan fingerprint density at radius 2 is 1.47 bits per heavy atom. The first-order valence-electron chi connectivity index (χ1n) is 9.90. The number of carbonyl (C=O) groups is 1. The molecule has 1 N–H and O–H groups in total. The summed E-state index contributed by atoms with van der Waals surface area (Å²) in [6.45, 7) is 2.48. The molecule has 0 bridgehead atoms. The number of piperazine rings is 1. The van der Waals surface area contributed by atoms with Crippen molar-refractivity contribution in [3.8, 4) is 0 Å². The van der Waals surface area contributed by atoms with Crippen molar-refractivity contribution >= 4 is 5.97 Å². The molecule has 0 spiro atoms. The molecule has 3 rings (SSSR count). The SMILES string of the molecule is CC1CN(C(c2cccc(C(F)(F)F)c2)c2cccc(C(F)(F)F)c2)CCN1CC(=O)O. The zero-order valence-corrected chi connectivity index (χ0v) is 17.1. The predicted molar refractivity (Wildman–Crippen MR) is 105 cm³/mol. The number of nitrogens with zero attached hydrogens (tertiary/aromatic N) is 2. The van der Waals surface area contributed by atoms with Crippen LogP contribution in [0.1, 0.15) is 35.2 Å². The Kier molecular flexibility index (Phi) is 6.85. The minimum Gasteiger partial charge on any atom is -0.480 e. The first kappa shape index (κ1) is 24.1. The van der Waals surface area contributed by atoms with Gasteiger partial charge in [-0.15, -0.1) is 0 Å². The average molecular weight is 460 g/mol. The van der Waals surface area contributed by atoms with E-state index in [9.17, 15) is 31.1 Å². The van der Waals surface area contributed by atoms with Crippen LogP contribution in [0.2, 0.25) is 0 Å². The molecule has 2 aromatic carbocycles. The largest absolute Gasteiger partial charge is 0.480 e. The van der Waals surface area contributed by atoms with Gasteiger partial charge in [0.2, 0.25) is 0 Å². The molecule has 0 amide bonds. The number of hydrogen-bond acceptors (Lipinski definition) is 3. The molecule has 10 heteroatoms. The first-order valence-corrected chi connectivity index (χ1v) is 9.90. The Morgan fingerprint density at radius 3 is 1.88 bits per heavy atom. The summed E-state index contributed by atoms with van der Waals surface area (Å²) in [4.78, 5) is 14.6. The lowest BCUT2D eigenvalue weighted by atomic mass is 9.93. The van der Waals surface area contributed by atoms with Crippen LogP contribution in [0, 0.1) is 0 Å². The lowest BCUT2D eigenvalue weighted by Crippen LogP contribution is -2.54. The van der Waals surface area contributed by atoms with Gasteiger partial charge in [0.1, 0.15) is 0 Å². The second-order valence-electron chi connectivity index (χ2n) is 7.86. The third-order valence-corrected chi connectivity index (χ3v) is 5.56. The topological polar surface area (TPSA) is 43.8 Å². The molecular weight excluding hydrogens is 438 g/mol. The highest BCUT2D eigenvalue weighted by Gasteiger charge is 2.36. The molecule has 0 radical (unpaired) electrons. The van der Waals surface area contributed by atoms with E-state index in [0.717, 1.165) is 24.3 Å². The number of aliphatic carboxylic acids is 1. The maximum Gasteiger partial charge on any atom is 0.416 e. The number of benzene rings is 2. The van der Waals surface area contributed by atoms with Crippen LogP contribution in [-0.4, -0.2) is 53.1 Å². The number of halogens is 6. The molecule has 174 valence electrons. The van der Waals surface area contributed by atoms with Gasteiger partial charge in [-0.25, -0.2) is 0 Å². The maximum atomic E-state index is 13.3. The van der Waals surface area contributed by atoms with E-state index in [1.165, 1.54) is 24.3 Å². The molecule has 0 saturated carbocycles. The lowest BCUT2D eigenvalue weighted by Gasteiger charge is -2.43. The Morgan fingerprint density at radius 1 is 0.969 bits per heavy atom. The van der Waals surface area contributed by atoms with Crippen molar-refractivity contribution in [1.29, 1.82) is 0 Å². The molecular formula is C22H22F6N2O2. The van der Waals surface area contributed by atoms with E-state index in [1.54, 1.807) is 16.7 Å². The van der Waals surface area contributed by atoms with Crippen molar-refractivity contribution in [1.82, 2.24) is 9.80 Å². The molecule has 1 fully saturated rings. The molecule has 0 aliphatic carbocycles. The average Bonchev–Trinajstić information content (AvgIpc) is 2.69. The fourth-order valence-electron chi connectivity index (χ4n) is 4.05. The van der Waals surface area contributed by atoms with Crippen molar-refractivity contribution in [2.24, 2.45) is 0 Å². The Hall–Kier alpha value is -2.59. The molecule has 1 heterocycles. The number of alkyl halides is 6. The van der Waals surface area contributed by atoms with Gasteiger partial charge in [0.15, 0.2) is 0 Å². The van der Waals surface area contributed by atoms with E-state index in [1.807, 2.05) is 0 Å². The van der Waals surface area contributed by atoms with Gasteiger partial charge in [-0.05, 0) is 42.3 Å². The molecule has 0 aromatic heterocycles. The maximum absolute atomic E-state index is 13.3. The van der Waals surface area contributed by atoms with E-state index in [4.69, 9.17) is 5.11 Å². The zero-order chi connectivity index (χ0) is 23.7. The zero-order valence-electron chi connectivity index (χ0n) is 17.1. The van der Waals surface area contributed by atoms with E-state index >= 15 is 0 Å². The molecule has 2 aromatic rings. The van der Waals surface area contributed by atoms with Gasteiger partial charge in [0.05, 0.1) is 23.7 Å². The summed E-state index contributed by atoms with van der Waals surface area (Å²) in [6, 6.07) is 8.06. The normalized spacial score (nSPS) is 18.8. The van der Waals surface area contributed by atoms with Crippen LogP contribution in [-0.2, 0) is 17.1 Å². The lowest BCUT2D eigenvalue weighted by molar-refractivity contribution is -0.139. The second-order valence-corrected chi connectivity index (χ2v) is 7.86. The van der Waals surface area contributed by atoms with Crippen LogP contribution in [0.5, 0.6) is 0 Å². The van der Waals surface area contributed by atoms with Crippen molar-refractivity contribution < 1.29 is 36.2 Å². The van der Waals surface area contributed by atoms with Gasteiger partial charge in [-0.1, -0.05) is 24.3 Å². The van der Waals surface area contributed by atoms with Crippen LogP contribution >= 0.6 is 0 Å². The summed E-state index contributed by atoms with van der Waals surface area (Å²) >= 11 is 0. The smallest absolute Gasteiger partial charge is 0.416 e. The third kappa shape index (κ3) is 5.60. The second kappa shape index (κ2) is 9.11. The minimum absolute atomic E-state index is 0.188. The molecule has 32 heavy (non-hydrogen) atoms. The van der Waals surface area contributed by atoms with E-state index in [2.05, 4.69) is 0 Å². The quantitative estimate of drug-likeness (QED) is 0.645.